The maximum atomic E-state index is 12.5. The van der Waals surface area contributed by atoms with Gasteiger partial charge in [-0.2, -0.15) is 0 Å². The number of nitrogens with one attached hydrogen (secondary N) is 2. The van der Waals surface area contributed by atoms with Crippen molar-refractivity contribution in [2.75, 3.05) is 13.1 Å². The molecule has 1 aliphatic rings. The van der Waals surface area contributed by atoms with Crippen LogP contribution in [-0.4, -0.2) is 35.4 Å². The Morgan fingerprint density at radius 3 is 2.78 bits per heavy atom. The van der Waals surface area contributed by atoms with E-state index in [4.69, 9.17) is 5.73 Å². The minimum Gasteiger partial charge on any atom is -0.352 e. The van der Waals surface area contributed by atoms with Crippen molar-refractivity contribution in [1.82, 2.24) is 15.6 Å². The molecule has 6 heteroatoms. The second-order valence-corrected chi connectivity index (χ2v) is 4.52. The van der Waals surface area contributed by atoms with Crippen molar-refractivity contribution in [3.8, 4) is 0 Å². The number of amides is 2. The second-order valence-electron chi connectivity index (χ2n) is 4.52. The number of pyridine rings is 1. The third-order valence-corrected chi connectivity index (χ3v) is 3.13. The van der Waals surface area contributed by atoms with Crippen molar-refractivity contribution < 1.29 is 9.59 Å². The van der Waals surface area contributed by atoms with E-state index in [9.17, 15) is 9.59 Å². The van der Waals surface area contributed by atoms with Crippen LogP contribution in [0.2, 0.25) is 0 Å². The number of hydrogen-bond acceptors (Lipinski definition) is 4. The molecule has 0 aromatic carbocycles. The van der Waals surface area contributed by atoms with Crippen molar-refractivity contribution >= 4 is 11.8 Å². The maximum absolute atomic E-state index is 12.5. The van der Waals surface area contributed by atoms with Crippen molar-refractivity contribution in [2.24, 2.45) is 5.73 Å². The fourth-order valence-electron chi connectivity index (χ4n) is 2.16. The van der Waals surface area contributed by atoms with Crippen molar-refractivity contribution in [2.45, 2.75) is 18.9 Å². The number of nitrogens with two attached hydrogens (primary N) is 1. The van der Waals surface area contributed by atoms with E-state index in [1.54, 1.807) is 12.1 Å². The molecule has 1 aliphatic heterocycles. The maximum Gasteiger partial charge on any atom is 0.313 e. The predicted molar refractivity (Wildman–Crippen MR) is 66.2 cm³/mol. The molecular formula is C12H16N4O2. The quantitative estimate of drug-likeness (QED) is 0.654. The minimum absolute atomic E-state index is 0.154. The molecule has 96 valence electrons. The molecule has 1 atom stereocenters. The molecule has 2 rings (SSSR count). The van der Waals surface area contributed by atoms with Gasteiger partial charge in [0.1, 0.15) is 5.54 Å². The summed E-state index contributed by atoms with van der Waals surface area (Å²) in [4.78, 5) is 27.6. The first-order valence-corrected chi connectivity index (χ1v) is 5.79. The van der Waals surface area contributed by atoms with Crippen LogP contribution in [0, 0.1) is 6.92 Å². The Balaban J connectivity index is 2.28. The average Bonchev–Trinajstić information content (AvgIpc) is 2.78. The van der Waals surface area contributed by atoms with E-state index in [0.29, 0.717) is 25.1 Å². The number of urea groups is 1. The number of aryl methyl sites for hydroxylation is 1. The van der Waals surface area contributed by atoms with E-state index in [-0.39, 0.29) is 5.78 Å². The number of rotatable bonds is 3. The van der Waals surface area contributed by atoms with E-state index in [1.807, 2.05) is 6.92 Å². The van der Waals surface area contributed by atoms with Crippen LogP contribution < -0.4 is 16.4 Å². The van der Waals surface area contributed by atoms with Gasteiger partial charge in [0.2, 0.25) is 0 Å². The van der Waals surface area contributed by atoms with Crippen molar-refractivity contribution in [3.63, 3.8) is 0 Å². The highest BCUT2D eigenvalue weighted by molar-refractivity contribution is 6.05. The Hall–Kier alpha value is -1.95. The van der Waals surface area contributed by atoms with Crippen LogP contribution in [0.25, 0.3) is 0 Å². The number of primary amides is 1. The van der Waals surface area contributed by atoms with Gasteiger partial charge in [0.15, 0.2) is 5.78 Å². The molecule has 18 heavy (non-hydrogen) atoms. The average molecular weight is 248 g/mol. The Kier molecular flexibility index (Phi) is 3.29. The van der Waals surface area contributed by atoms with Crippen LogP contribution in [0.15, 0.2) is 18.3 Å². The smallest absolute Gasteiger partial charge is 0.313 e. The zero-order chi connectivity index (χ0) is 13.2. The SMILES string of the molecule is Cc1ccc(C(=O)[C@@]2(NC(N)=O)CCNC2)cn1. The summed E-state index contributed by atoms with van der Waals surface area (Å²) in [5, 5.41) is 5.64. The summed E-state index contributed by atoms with van der Waals surface area (Å²) in [6.07, 6.45) is 2.06. The molecule has 0 aliphatic carbocycles. The lowest BCUT2D eigenvalue weighted by Crippen LogP contribution is -2.57. The number of Topliss-reactive ketones (excluding diaryl/α,β-unsaturated/α-hetero) is 1. The molecule has 2 amide bonds. The molecule has 1 fully saturated rings. The highest BCUT2D eigenvalue weighted by atomic mass is 16.2. The molecule has 1 aromatic rings. The van der Waals surface area contributed by atoms with Gasteiger partial charge in [0, 0.05) is 24.0 Å². The van der Waals surface area contributed by atoms with Crippen LogP contribution in [0.3, 0.4) is 0 Å². The third-order valence-electron chi connectivity index (χ3n) is 3.13. The van der Waals surface area contributed by atoms with Gasteiger partial charge in [-0.1, -0.05) is 0 Å². The fraction of sp³-hybridized carbons (Fsp3) is 0.417. The first kappa shape index (κ1) is 12.5. The van der Waals surface area contributed by atoms with E-state index in [0.717, 1.165) is 5.69 Å². The molecule has 1 saturated heterocycles. The largest absolute Gasteiger partial charge is 0.352 e. The highest BCUT2D eigenvalue weighted by Crippen LogP contribution is 2.20. The first-order chi connectivity index (χ1) is 8.53. The lowest BCUT2D eigenvalue weighted by Gasteiger charge is -2.27. The van der Waals surface area contributed by atoms with Crippen LogP contribution in [0.1, 0.15) is 22.5 Å². The third kappa shape index (κ3) is 2.33. The summed E-state index contributed by atoms with van der Waals surface area (Å²) in [5.74, 6) is -0.154. The minimum atomic E-state index is -0.942. The number of nitrogens with zero attached hydrogens (tertiary/aromatic N) is 1. The monoisotopic (exact) mass is 248 g/mol. The summed E-state index contributed by atoms with van der Waals surface area (Å²) >= 11 is 0. The van der Waals surface area contributed by atoms with Gasteiger partial charge < -0.3 is 16.4 Å². The molecule has 0 saturated carbocycles. The Morgan fingerprint density at radius 2 is 2.28 bits per heavy atom. The van der Waals surface area contributed by atoms with Crippen LogP contribution >= 0.6 is 0 Å². The summed E-state index contributed by atoms with van der Waals surface area (Å²) in [7, 11) is 0. The summed E-state index contributed by atoms with van der Waals surface area (Å²) in [6, 6.07) is 2.80. The van der Waals surface area contributed by atoms with Gasteiger partial charge >= 0.3 is 6.03 Å². The molecule has 4 N–H and O–H groups in total. The Morgan fingerprint density at radius 1 is 1.50 bits per heavy atom. The van der Waals surface area contributed by atoms with Gasteiger partial charge in [0.05, 0.1) is 0 Å². The van der Waals surface area contributed by atoms with Gasteiger partial charge in [-0.05, 0) is 32.0 Å². The van der Waals surface area contributed by atoms with E-state index in [1.165, 1.54) is 6.20 Å². The molecule has 0 radical (unpaired) electrons. The number of hydrogen-bond donors (Lipinski definition) is 3. The van der Waals surface area contributed by atoms with E-state index in [2.05, 4.69) is 15.6 Å². The zero-order valence-corrected chi connectivity index (χ0v) is 10.2. The topological polar surface area (TPSA) is 97.1 Å². The molecule has 0 unspecified atom stereocenters. The van der Waals surface area contributed by atoms with Crippen LogP contribution in [0.4, 0.5) is 4.79 Å². The van der Waals surface area contributed by atoms with Crippen LogP contribution in [0.5, 0.6) is 0 Å². The first-order valence-electron chi connectivity index (χ1n) is 5.79. The molecule has 0 bridgehead atoms. The number of ketones is 1. The standard InChI is InChI=1S/C12H16N4O2/c1-8-2-3-9(6-15-8)10(17)12(16-11(13)18)4-5-14-7-12/h2-3,6,14H,4-5,7H2,1H3,(H3,13,16,18)/t12-/m1/s1. The van der Waals surface area contributed by atoms with Gasteiger partial charge in [0.25, 0.3) is 0 Å². The summed E-state index contributed by atoms with van der Waals surface area (Å²) in [6.45, 7) is 2.91. The lowest BCUT2D eigenvalue weighted by atomic mass is 9.89. The molecule has 2 heterocycles. The van der Waals surface area contributed by atoms with Crippen molar-refractivity contribution in [3.05, 3.63) is 29.6 Å². The van der Waals surface area contributed by atoms with Gasteiger partial charge in [-0.25, -0.2) is 4.79 Å². The summed E-state index contributed by atoms with van der Waals surface area (Å²) < 4.78 is 0. The molecule has 1 aromatic heterocycles. The second kappa shape index (κ2) is 4.73. The predicted octanol–water partition coefficient (Wildman–Crippen LogP) is -0.0269. The lowest BCUT2D eigenvalue weighted by molar-refractivity contribution is 0.0874. The van der Waals surface area contributed by atoms with E-state index >= 15 is 0 Å². The zero-order valence-electron chi connectivity index (χ0n) is 10.2. The normalized spacial score (nSPS) is 22.7. The van der Waals surface area contributed by atoms with Gasteiger partial charge in [-0.15, -0.1) is 0 Å². The summed E-state index contributed by atoms with van der Waals surface area (Å²) in [5.41, 5.74) is 5.54. The highest BCUT2D eigenvalue weighted by Gasteiger charge is 2.42. The van der Waals surface area contributed by atoms with Gasteiger partial charge in [-0.3, -0.25) is 9.78 Å². The van der Waals surface area contributed by atoms with Crippen molar-refractivity contribution in [1.29, 1.82) is 0 Å². The molecule has 0 spiro atoms. The fourth-order valence-corrected chi connectivity index (χ4v) is 2.16. The molecular weight excluding hydrogens is 232 g/mol. The van der Waals surface area contributed by atoms with Crippen LogP contribution in [-0.2, 0) is 0 Å². The number of carbonyl (C=O) groups excluding carboxylic acids is 2. The number of aromatic nitrogens is 1. The van der Waals surface area contributed by atoms with E-state index < -0.39 is 11.6 Å². The molecule has 6 nitrogen and oxygen atoms in total. The Bertz CT molecular complexity index is 463. The number of carbonyl (C=O) groups is 2. The Labute approximate surface area is 105 Å².